The van der Waals surface area contributed by atoms with Crippen molar-refractivity contribution in [3.05, 3.63) is 32.8 Å². The van der Waals surface area contributed by atoms with Gasteiger partial charge in [0.1, 0.15) is 5.69 Å². The molecule has 0 heterocycles. The van der Waals surface area contributed by atoms with Gasteiger partial charge in [-0.05, 0) is 25.8 Å². The first-order chi connectivity index (χ1) is 9.65. The van der Waals surface area contributed by atoms with Crippen LogP contribution in [-0.4, -0.2) is 28.3 Å². The second kappa shape index (κ2) is 6.76. The van der Waals surface area contributed by atoms with Gasteiger partial charge in [0.25, 0.3) is 11.6 Å². The minimum absolute atomic E-state index is 0.0146. The van der Waals surface area contributed by atoms with E-state index in [4.69, 9.17) is 17.3 Å². The minimum Gasteiger partial charge on any atom is -0.392 e. The fourth-order valence-electron chi connectivity index (χ4n) is 1.97. The SMILES string of the molecule is CC(C)CN(C(=O)c1cc(Cl)c(N)c([N+](=O)[O-])c1)C(C)C. The van der Waals surface area contributed by atoms with Crippen LogP contribution in [0.15, 0.2) is 12.1 Å². The summed E-state index contributed by atoms with van der Waals surface area (Å²) < 4.78 is 0. The highest BCUT2D eigenvalue weighted by Gasteiger charge is 2.24. The van der Waals surface area contributed by atoms with Crippen LogP contribution in [0, 0.1) is 16.0 Å². The minimum atomic E-state index is -0.639. The first-order valence-corrected chi connectivity index (χ1v) is 7.07. The van der Waals surface area contributed by atoms with Gasteiger partial charge < -0.3 is 10.6 Å². The molecule has 21 heavy (non-hydrogen) atoms. The van der Waals surface area contributed by atoms with Crippen molar-refractivity contribution < 1.29 is 9.72 Å². The number of halogens is 1. The Bertz CT molecular complexity index is 559. The van der Waals surface area contributed by atoms with E-state index in [2.05, 4.69) is 0 Å². The van der Waals surface area contributed by atoms with E-state index < -0.39 is 4.92 Å². The Labute approximate surface area is 129 Å². The number of nitrogens with two attached hydrogens (primary N) is 1. The molecule has 7 heteroatoms. The molecule has 0 radical (unpaired) electrons. The van der Waals surface area contributed by atoms with Crippen molar-refractivity contribution in [3.63, 3.8) is 0 Å². The second-order valence-corrected chi connectivity index (χ2v) is 6.00. The number of hydrogen-bond donors (Lipinski definition) is 1. The summed E-state index contributed by atoms with van der Waals surface area (Å²) >= 11 is 5.90. The molecule has 0 aromatic heterocycles. The van der Waals surface area contributed by atoms with Crippen molar-refractivity contribution >= 4 is 28.9 Å². The van der Waals surface area contributed by atoms with Gasteiger partial charge in [0, 0.05) is 24.2 Å². The third-order valence-electron chi connectivity index (χ3n) is 3.00. The van der Waals surface area contributed by atoms with E-state index in [1.807, 2.05) is 27.7 Å². The van der Waals surface area contributed by atoms with Gasteiger partial charge >= 0.3 is 0 Å². The molecule has 0 fully saturated rings. The van der Waals surface area contributed by atoms with Gasteiger partial charge in [-0.3, -0.25) is 14.9 Å². The van der Waals surface area contributed by atoms with E-state index in [0.29, 0.717) is 6.54 Å². The summed E-state index contributed by atoms with van der Waals surface area (Å²) in [6, 6.07) is 2.54. The van der Waals surface area contributed by atoms with E-state index in [1.165, 1.54) is 12.1 Å². The highest BCUT2D eigenvalue weighted by atomic mass is 35.5. The average Bonchev–Trinajstić information content (AvgIpc) is 2.37. The Kier molecular flexibility index (Phi) is 5.54. The molecule has 1 aromatic carbocycles. The Hall–Kier alpha value is -1.82. The maximum absolute atomic E-state index is 12.6. The van der Waals surface area contributed by atoms with E-state index in [9.17, 15) is 14.9 Å². The van der Waals surface area contributed by atoms with Crippen molar-refractivity contribution in [2.75, 3.05) is 12.3 Å². The molecule has 1 rings (SSSR count). The molecule has 0 spiro atoms. The largest absolute Gasteiger partial charge is 0.392 e. The van der Waals surface area contributed by atoms with Crippen LogP contribution < -0.4 is 5.73 Å². The zero-order valence-corrected chi connectivity index (χ0v) is 13.3. The fourth-order valence-corrected chi connectivity index (χ4v) is 2.18. The second-order valence-electron chi connectivity index (χ2n) is 5.59. The molecule has 0 bridgehead atoms. The van der Waals surface area contributed by atoms with Crippen LogP contribution >= 0.6 is 11.6 Å². The number of nitrogen functional groups attached to an aromatic ring is 1. The fraction of sp³-hybridized carbons (Fsp3) is 0.500. The lowest BCUT2D eigenvalue weighted by molar-refractivity contribution is -0.383. The molecule has 116 valence electrons. The van der Waals surface area contributed by atoms with Crippen LogP contribution in [0.2, 0.25) is 5.02 Å². The number of carbonyl (C=O) groups is 1. The summed E-state index contributed by atoms with van der Waals surface area (Å²) in [4.78, 5) is 24.6. The van der Waals surface area contributed by atoms with E-state index in [1.54, 1.807) is 4.90 Å². The smallest absolute Gasteiger partial charge is 0.294 e. The topological polar surface area (TPSA) is 89.5 Å². The lowest BCUT2D eigenvalue weighted by Gasteiger charge is -2.28. The van der Waals surface area contributed by atoms with Crippen LogP contribution in [0.4, 0.5) is 11.4 Å². The quantitative estimate of drug-likeness (QED) is 0.513. The standard InChI is InChI=1S/C14H20ClN3O3/c1-8(2)7-17(9(3)4)14(19)10-5-11(15)13(16)12(6-10)18(20)21/h5-6,8-9H,7,16H2,1-4H3. The zero-order chi connectivity index (χ0) is 16.3. The molecule has 6 nitrogen and oxygen atoms in total. The lowest BCUT2D eigenvalue weighted by atomic mass is 10.1. The lowest BCUT2D eigenvalue weighted by Crippen LogP contribution is -2.39. The van der Waals surface area contributed by atoms with Gasteiger partial charge in [-0.2, -0.15) is 0 Å². The van der Waals surface area contributed by atoms with E-state index in [-0.39, 0.29) is 39.8 Å². The number of anilines is 1. The number of hydrogen-bond acceptors (Lipinski definition) is 4. The van der Waals surface area contributed by atoms with Gasteiger partial charge in [0.05, 0.1) is 9.95 Å². The van der Waals surface area contributed by atoms with Crippen LogP contribution in [0.25, 0.3) is 0 Å². The van der Waals surface area contributed by atoms with Crippen molar-refractivity contribution in [1.82, 2.24) is 4.90 Å². The normalized spacial score (nSPS) is 11.0. The molecule has 0 aliphatic rings. The van der Waals surface area contributed by atoms with Gasteiger partial charge in [0.2, 0.25) is 0 Å². The summed E-state index contributed by atoms with van der Waals surface area (Å²) in [7, 11) is 0. The third-order valence-corrected chi connectivity index (χ3v) is 3.31. The average molecular weight is 314 g/mol. The summed E-state index contributed by atoms with van der Waals surface area (Å²) in [6.07, 6.45) is 0. The molecular weight excluding hydrogens is 294 g/mol. The van der Waals surface area contributed by atoms with Gasteiger partial charge in [-0.25, -0.2) is 0 Å². The Morgan fingerprint density at radius 2 is 1.95 bits per heavy atom. The number of benzene rings is 1. The Balaban J connectivity index is 3.25. The van der Waals surface area contributed by atoms with Crippen molar-refractivity contribution in [2.45, 2.75) is 33.7 Å². The first-order valence-electron chi connectivity index (χ1n) is 6.69. The Morgan fingerprint density at radius 3 is 2.38 bits per heavy atom. The van der Waals surface area contributed by atoms with Gasteiger partial charge in [0.15, 0.2) is 0 Å². The molecule has 0 aliphatic carbocycles. The molecule has 0 unspecified atom stereocenters. The van der Waals surface area contributed by atoms with Crippen molar-refractivity contribution in [1.29, 1.82) is 0 Å². The molecule has 0 aliphatic heterocycles. The monoisotopic (exact) mass is 313 g/mol. The van der Waals surface area contributed by atoms with Crippen LogP contribution in [0.5, 0.6) is 0 Å². The summed E-state index contributed by atoms with van der Waals surface area (Å²) in [5.74, 6) is -0.000658. The molecular formula is C14H20ClN3O3. The number of rotatable bonds is 5. The van der Waals surface area contributed by atoms with Crippen LogP contribution in [-0.2, 0) is 0 Å². The van der Waals surface area contributed by atoms with E-state index >= 15 is 0 Å². The summed E-state index contributed by atoms with van der Waals surface area (Å²) in [5, 5.41) is 11.0. The maximum Gasteiger partial charge on any atom is 0.294 e. The summed E-state index contributed by atoms with van der Waals surface area (Å²) in [5.41, 5.74) is 5.27. The molecule has 0 saturated carbocycles. The highest BCUT2D eigenvalue weighted by Crippen LogP contribution is 2.31. The van der Waals surface area contributed by atoms with Crippen molar-refractivity contribution in [3.8, 4) is 0 Å². The Morgan fingerprint density at radius 1 is 1.38 bits per heavy atom. The van der Waals surface area contributed by atoms with Gasteiger partial charge in [-0.15, -0.1) is 0 Å². The molecule has 1 amide bonds. The molecule has 2 N–H and O–H groups in total. The van der Waals surface area contributed by atoms with Crippen molar-refractivity contribution in [2.24, 2.45) is 5.92 Å². The number of nitro benzene ring substituents is 1. The van der Waals surface area contributed by atoms with Crippen LogP contribution in [0.3, 0.4) is 0 Å². The van der Waals surface area contributed by atoms with E-state index in [0.717, 1.165) is 0 Å². The number of nitro groups is 1. The molecule has 0 saturated heterocycles. The number of nitrogens with zero attached hydrogens (tertiary/aromatic N) is 2. The molecule has 0 atom stereocenters. The summed E-state index contributed by atoms with van der Waals surface area (Å²) in [6.45, 7) is 8.36. The predicted octanol–water partition coefficient (Wildman–Crippen LogP) is 3.34. The zero-order valence-electron chi connectivity index (χ0n) is 12.6. The third kappa shape index (κ3) is 4.07. The number of amides is 1. The van der Waals surface area contributed by atoms with Gasteiger partial charge in [-0.1, -0.05) is 25.4 Å². The first kappa shape index (κ1) is 17.2. The maximum atomic E-state index is 12.6. The molecule has 1 aromatic rings. The highest BCUT2D eigenvalue weighted by molar-refractivity contribution is 6.34. The number of carbonyl (C=O) groups excluding carboxylic acids is 1. The van der Waals surface area contributed by atoms with Crippen LogP contribution in [0.1, 0.15) is 38.1 Å². The predicted molar refractivity (Wildman–Crippen MR) is 83.5 cm³/mol.